The molecule has 0 atom stereocenters. The Balaban J connectivity index is 0.000000861. The molecule has 1 aromatic rings. The summed E-state index contributed by atoms with van der Waals surface area (Å²) in [5.41, 5.74) is 1.11. The van der Waals surface area contributed by atoms with Gasteiger partial charge in [-0.1, -0.05) is 26.0 Å². The Morgan fingerprint density at radius 1 is 1.11 bits per heavy atom. The Hall–Kier alpha value is -1.71. The lowest BCUT2D eigenvalue weighted by Gasteiger charge is -2.36. The largest absolute Gasteiger partial charge is 0.495 e. The van der Waals surface area contributed by atoms with Crippen LogP contribution in [0.1, 0.15) is 20.8 Å². The van der Waals surface area contributed by atoms with Crippen LogP contribution in [0.4, 0.5) is 5.69 Å². The number of methoxy groups -OCH3 is 1. The van der Waals surface area contributed by atoms with Crippen molar-refractivity contribution in [3.05, 3.63) is 24.3 Å². The molecule has 4 heteroatoms. The van der Waals surface area contributed by atoms with Gasteiger partial charge in [0.25, 0.3) is 0 Å². The quantitative estimate of drug-likeness (QED) is 0.822. The zero-order chi connectivity index (χ0) is 14.3. The van der Waals surface area contributed by atoms with Gasteiger partial charge in [0, 0.05) is 33.1 Å². The molecule has 1 aliphatic heterocycles. The number of nitrogens with zero attached hydrogens (tertiary/aromatic N) is 2. The SMILES string of the molecule is CC.COc1ccccc1N1CCN(C(C)=O)CC1. The van der Waals surface area contributed by atoms with Crippen LogP contribution in [-0.2, 0) is 4.79 Å². The molecule has 0 radical (unpaired) electrons. The van der Waals surface area contributed by atoms with Gasteiger partial charge in [0.15, 0.2) is 0 Å². The third-order valence-electron chi connectivity index (χ3n) is 3.15. The number of carbonyl (C=O) groups excluding carboxylic acids is 1. The van der Waals surface area contributed by atoms with Crippen LogP contribution in [0.15, 0.2) is 24.3 Å². The normalized spacial score (nSPS) is 14.5. The number of anilines is 1. The summed E-state index contributed by atoms with van der Waals surface area (Å²) >= 11 is 0. The van der Waals surface area contributed by atoms with Crippen molar-refractivity contribution in [2.75, 3.05) is 38.2 Å². The van der Waals surface area contributed by atoms with Crippen molar-refractivity contribution in [3.8, 4) is 5.75 Å². The van der Waals surface area contributed by atoms with Crippen LogP contribution in [0.3, 0.4) is 0 Å². The van der Waals surface area contributed by atoms with E-state index in [0.717, 1.165) is 37.6 Å². The zero-order valence-corrected chi connectivity index (χ0v) is 12.3. The first-order valence-electron chi connectivity index (χ1n) is 6.86. The molecule has 0 saturated carbocycles. The Kier molecular flexibility index (Phi) is 6.19. The molecular formula is C15H24N2O2. The van der Waals surface area contributed by atoms with Gasteiger partial charge in [0.05, 0.1) is 12.8 Å². The number of para-hydroxylation sites is 2. The van der Waals surface area contributed by atoms with Gasteiger partial charge in [-0.15, -0.1) is 0 Å². The lowest BCUT2D eigenvalue weighted by atomic mass is 10.2. The van der Waals surface area contributed by atoms with E-state index in [1.807, 2.05) is 36.9 Å². The van der Waals surface area contributed by atoms with Gasteiger partial charge in [0.2, 0.25) is 5.91 Å². The predicted octanol–water partition coefficient (Wildman–Crippen LogP) is 2.39. The van der Waals surface area contributed by atoms with Gasteiger partial charge in [0.1, 0.15) is 5.75 Å². The average Bonchev–Trinajstić information content (AvgIpc) is 2.49. The number of rotatable bonds is 2. The fourth-order valence-electron chi connectivity index (χ4n) is 2.15. The van der Waals surface area contributed by atoms with E-state index in [4.69, 9.17) is 4.74 Å². The van der Waals surface area contributed by atoms with E-state index in [1.165, 1.54) is 0 Å². The van der Waals surface area contributed by atoms with Crippen LogP contribution in [-0.4, -0.2) is 44.1 Å². The Morgan fingerprint density at radius 2 is 1.68 bits per heavy atom. The minimum Gasteiger partial charge on any atom is -0.495 e. The number of hydrogen-bond donors (Lipinski definition) is 0. The summed E-state index contributed by atoms with van der Waals surface area (Å²) < 4.78 is 5.35. The summed E-state index contributed by atoms with van der Waals surface area (Å²) in [5, 5.41) is 0. The zero-order valence-electron chi connectivity index (χ0n) is 12.3. The lowest BCUT2D eigenvalue weighted by Crippen LogP contribution is -2.48. The van der Waals surface area contributed by atoms with E-state index in [0.29, 0.717) is 0 Å². The standard InChI is InChI=1S/C13H18N2O2.C2H6/c1-11(16)14-7-9-15(10-8-14)12-5-3-4-6-13(12)17-2;1-2/h3-6H,7-10H2,1-2H3;1-2H3. The Morgan fingerprint density at radius 3 is 2.21 bits per heavy atom. The number of benzene rings is 1. The highest BCUT2D eigenvalue weighted by molar-refractivity contribution is 5.73. The summed E-state index contributed by atoms with van der Waals surface area (Å²) in [7, 11) is 1.69. The Labute approximate surface area is 116 Å². The molecular weight excluding hydrogens is 240 g/mol. The van der Waals surface area contributed by atoms with Crippen molar-refractivity contribution < 1.29 is 9.53 Å². The highest BCUT2D eigenvalue weighted by Gasteiger charge is 2.20. The smallest absolute Gasteiger partial charge is 0.219 e. The van der Waals surface area contributed by atoms with Crippen LogP contribution in [0.2, 0.25) is 0 Å². The predicted molar refractivity (Wildman–Crippen MR) is 78.8 cm³/mol. The molecule has 2 rings (SSSR count). The van der Waals surface area contributed by atoms with Gasteiger partial charge in [-0.3, -0.25) is 4.79 Å². The minimum atomic E-state index is 0.157. The molecule has 1 amide bonds. The molecule has 1 aliphatic rings. The fourth-order valence-corrected chi connectivity index (χ4v) is 2.15. The van der Waals surface area contributed by atoms with Crippen molar-refractivity contribution in [1.29, 1.82) is 0 Å². The molecule has 0 unspecified atom stereocenters. The highest BCUT2D eigenvalue weighted by Crippen LogP contribution is 2.28. The molecule has 1 fully saturated rings. The first-order chi connectivity index (χ1) is 9.22. The van der Waals surface area contributed by atoms with E-state index in [2.05, 4.69) is 11.0 Å². The van der Waals surface area contributed by atoms with Crippen LogP contribution >= 0.6 is 0 Å². The summed E-state index contributed by atoms with van der Waals surface area (Å²) in [6.07, 6.45) is 0. The second-order valence-corrected chi connectivity index (χ2v) is 4.16. The first-order valence-corrected chi connectivity index (χ1v) is 6.86. The van der Waals surface area contributed by atoms with Crippen molar-refractivity contribution in [2.45, 2.75) is 20.8 Å². The van der Waals surface area contributed by atoms with E-state index in [-0.39, 0.29) is 5.91 Å². The maximum Gasteiger partial charge on any atom is 0.219 e. The van der Waals surface area contributed by atoms with E-state index in [1.54, 1.807) is 14.0 Å². The lowest BCUT2D eigenvalue weighted by molar-refractivity contribution is -0.129. The minimum absolute atomic E-state index is 0.157. The molecule has 0 spiro atoms. The Bertz CT molecular complexity index is 399. The van der Waals surface area contributed by atoms with Crippen LogP contribution in [0.5, 0.6) is 5.75 Å². The molecule has 0 bridgehead atoms. The molecule has 0 N–H and O–H groups in total. The fraction of sp³-hybridized carbons (Fsp3) is 0.533. The second kappa shape index (κ2) is 7.67. The molecule has 0 aromatic heterocycles. The van der Waals surface area contributed by atoms with E-state index < -0.39 is 0 Å². The molecule has 106 valence electrons. The second-order valence-electron chi connectivity index (χ2n) is 4.16. The molecule has 19 heavy (non-hydrogen) atoms. The summed E-state index contributed by atoms with van der Waals surface area (Å²) in [6.45, 7) is 8.92. The molecule has 1 saturated heterocycles. The number of piperazine rings is 1. The molecule has 4 nitrogen and oxygen atoms in total. The average molecular weight is 264 g/mol. The van der Waals surface area contributed by atoms with Crippen LogP contribution in [0, 0.1) is 0 Å². The molecule has 1 aromatic carbocycles. The van der Waals surface area contributed by atoms with Crippen molar-refractivity contribution in [1.82, 2.24) is 4.90 Å². The van der Waals surface area contributed by atoms with Crippen molar-refractivity contribution in [2.24, 2.45) is 0 Å². The highest BCUT2D eigenvalue weighted by atomic mass is 16.5. The number of hydrogen-bond acceptors (Lipinski definition) is 3. The van der Waals surface area contributed by atoms with Gasteiger partial charge >= 0.3 is 0 Å². The van der Waals surface area contributed by atoms with Crippen molar-refractivity contribution in [3.63, 3.8) is 0 Å². The summed E-state index contributed by atoms with van der Waals surface area (Å²) in [4.78, 5) is 15.4. The molecule has 1 heterocycles. The van der Waals surface area contributed by atoms with Gasteiger partial charge < -0.3 is 14.5 Å². The van der Waals surface area contributed by atoms with Crippen LogP contribution < -0.4 is 9.64 Å². The number of ether oxygens (including phenoxy) is 1. The van der Waals surface area contributed by atoms with Gasteiger partial charge in [-0.25, -0.2) is 0 Å². The first kappa shape index (κ1) is 15.3. The van der Waals surface area contributed by atoms with E-state index >= 15 is 0 Å². The maximum absolute atomic E-state index is 11.2. The monoisotopic (exact) mass is 264 g/mol. The van der Waals surface area contributed by atoms with Gasteiger partial charge in [-0.05, 0) is 12.1 Å². The maximum atomic E-state index is 11.2. The number of amides is 1. The molecule has 0 aliphatic carbocycles. The van der Waals surface area contributed by atoms with Crippen molar-refractivity contribution >= 4 is 11.6 Å². The summed E-state index contributed by atoms with van der Waals surface area (Å²) in [5.74, 6) is 1.05. The number of carbonyl (C=O) groups is 1. The van der Waals surface area contributed by atoms with E-state index in [9.17, 15) is 4.79 Å². The topological polar surface area (TPSA) is 32.8 Å². The third kappa shape index (κ3) is 3.88. The van der Waals surface area contributed by atoms with Crippen LogP contribution in [0.25, 0.3) is 0 Å². The third-order valence-corrected chi connectivity index (χ3v) is 3.15. The van der Waals surface area contributed by atoms with Gasteiger partial charge in [-0.2, -0.15) is 0 Å². The summed E-state index contributed by atoms with van der Waals surface area (Å²) in [6, 6.07) is 8.00.